The zero-order valence-electron chi connectivity index (χ0n) is 9.40. The number of β-amino-alcohol motifs (C(OH)–C–C–N with tert-alkyl or cyclic N) is 1. The Kier molecular flexibility index (Phi) is 3.88. The predicted molar refractivity (Wildman–Crippen MR) is 62.3 cm³/mol. The maximum absolute atomic E-state index is 9.52. The van der Waals surface area contributed by atoms with Gasteiger partial charge in [-0.3, -0.25) is 0 Å². The molecule has 15 heavy (non-hydrogen) atoms. The number of likely N-dealkylation sites (tertiary alicyclic amines) is 2. The van der Waals surface area contributed by atoms with Crippen LogP contribution in [0, 0.1) is 11.8 Å². The number of hydrogen-bond acceptors (Lipinski definition) is 3. The van der Waals surface area contributed by atoms with Crippen LogP contribution in [0.3, 0.4) is 0 Å². The maximum Gasteiger partial charge on any atom is 0.0802 e. The SMILES string of the molecule is CN1CCC2CN(CC(O)CCl)CC2C1. The molecule has 2 rings (SSSR count). The molecule has 3 atom stereocenters. The van der Waals surface area contributed by atoms with Gasteiger partial charge in [-0.2, -0.15) is 0 Å². The summed E-state index contributed by atoms with van der Waals surface area (Å²) in [6.45, 7) is 5.50. The van der Waals surface area contributed by atoms with Crippen molar-refractivity contribution in [3.63, 3.8) is 0 Å². The van der Waals surface area contributed by atoms with Gasteiger partial charge in [-0.15, -0.1) is 11.6 Å². The van der Waals surface area contributed by atoms with Crippen molar-refractivity contribution in [2.24, 2.45) is 11.8 Å². The molecule has 2 aliphatic rings. The first-order valence-corrected chi connectivity index (χ1v) is 6.37. The van der Waals surface area contributed by atoms with Gasteiger partial charge in [-0.1, -0.05) is 0 Å². The molecule has 3 nitrogen and oxygen atoms in total. The molecular formula is C11H21ClN2O. The van der Waals surface area contributed by atoms with Crippen LogP contribution in [0.15, 0.2) is 0 Å². The van der Waals surface area contributed by atoms with Crippen molar-refractivity contribution in [2.75, 3.05) is 45.7 Å². The van der Waals surface area contributed by atoms with Gasteiger partial charge in [-0.05, 0) is 31.8 Å². The molecular weight excluding hydrogens is 212 g/mol. The average Bonchev–Trinajstić information content (AvgIpc) is 2.59. The third-order valence-corrected chi connectivity index (χ3v) is 4.08. The fraction of sp³-hybridized carbons (Fsp3) is 1.00. The number of piperidine rings is 1. The molecule has 4 heteroatoms. The molecule has 0 aromatic carbocycles. The third-order valence-electron chi connectivity index (χ3n) is 3.73. The van der Waals surface area contributed by atoms with E-state index in [1.54, 1.807) is 0 Å². The van der Waals surface area contributed by atoms with Crippen molar-refractivity contribution in [3.8, 4) is 0 Å². The Morgan fingerprint density at radius 2 is 2.07 bits per heavy atom. The second-order valence-electron chi connectivity index (χ2n) is 5.10. The van der Waals surface area contributed by atoms with Gasteiger partial charge in [0.1, 0.15) is 0 Å². The Morgan fingerprint density at radius 3 is 2.80 bits per heavy atom. The molecule has 1 N–H and O–H groups in total. The van der Waals surface area contributed by atoms with E-state index >= 15 is 0 Å². The van der Waals surface area contributed by atoms with Crippen LogP contribution in [0.5, 0.6) is 0 Å². The minimum atomic E-state index is -0.357. The number of fused-ring (bicyclic) bond motifs is 1. The third kappa shape index (κ3) is 2.84. The second kappa shape index (κ2) is 5.00. The maximum atomic E-state index is 9.52. The van der Waals surface area contributed by atoms with E-state index in [0.717, 1.165) is 31.5 Å². The summed E-state index contributed by atoms with van der Waals surface area (Å²) >= 11 is 5.62. The van der Waals surface area contributed by atoms with Crippen molar-refractivity contribution >= 4 is 11.6 Å². The highest BCUT2D eigenvalue weighted by atomic mass is 35.5. The van der Waals surface area contributed by atoms with E-state index in [4.69, 9.17) is 11.6 Å². The van der Waals surface area contributed by atoms with E-state index in [0.29, 0.717) is 5.88 Å². The highest BCUT2D eigenvalue weighted by Crippen LogP contribution is 2.30. The highest BCUT2D eigenvalue weighted by molar-refractivity contribution is 6.18. The van der Waals surface area contributed by atoms with E-state index in [2.05, 4.69) is 16.8 Å². The van der Waals surface area contributed by atoms with Gasteiger partial charge in [-0.25, -0.2) is 0 Å². The lowest BCUT2D eigenvalue weighted by molar-refractivity contribution is 0.140. The number of halogens is 1. The van der Waals surface area contributed by atoms with Crippen molar-refractivity contribution in [1.29, 1.82) is 0 Å². The molecule has 0 spiro atoms. The van der Waals surface area contributed by atoms with E-state index < -0.39 is 0 Å². The summed E-state index contributed by atoms with van der Waals surface area (Å²) < 4.78 is 0. The molecule has 0 aromatic rings. The van der Waals surface area contributed by atoms with Gasteiger partial charge in [0.25, 0.3) is 0 Å². The normalized spacial score (nSPS) is 35.4. The summed E-state index contributed by atoms with van der Waals surface area (Å²) in [6.07, 6.45) is 0.957. The summed E-state index contributed by atoms with van der Waals surface area (Å²) in [7, 11) is 2.20. The van der Waals surface area contributed by atoms with Crippen LogP contribution >= 0.6 is 11.6 Å². The molecule has 2 heterocycles. The molecule has 88 valence electrons. The minimum Gasteiger partial charge on any atom is -0.391 e. The summed E-state index contributed by atoms with van der Waals surface area (Å²) in [5, 5.41) is 9.52. The Bertz CT molecular complexity index is 215. The first-order chi connectivity index (χ1) is 7.19. The topological polar surface area (TPSA) is 26.7 Å². The zero-order chi connectivity index (χ0) is 10.8. The van der Waals surface area contributed by atoms with Gasteiger partial charge in [0.05, 0.1) is 6.10 Å². The molecule has 2 saturated heterocycles. The second-order valence-corrected chi connectivity index (χ2v) is 5.41. The quantitative estimate of drug-likeness (QED) is 0.717. The number of nitrogens with zero attached hydrogens (tertiary/aromatic N) is 2. The van der Waals surface area contributed by atoms with E-state index in [9.17, 15) is 5.11 Å². The zero-order valence-corrected chi connectivity index (χ0v) is 10.2. The summed E-state index contributed by atoms with van der Waals surface area (Å²) in [5.41, 5.74) is 0. The predicted octanol–water partition coefficient (Wildman–Crippen LogP) is 0.470. The van der Waals surface area contributed by atoms with Gasteiger partial charge in [0.2, 0.25) is 0 Å². The summed E-state index contributed by atoms with van der Waals surface area (Å²) in [5.74, 6) is 2.01. The van der Waals surface area contributed by atoms with E-state index in [1.165, 1.54) is 19.5 Å². The lowest BCUT2D eigenvalue weighted by Crippen LogP contribution is -2.37. The van der Waals surface area contributed by atoms with E-state index in [-0.39, 0.29) is 6.10 Å². The summed E-state index contributed by atoms with van der Waals surface area (Å²) in [6, 6.07) is 0. The Hall–Kier alpha value is 0.170. The molecule has 0 amide bonds. The van der Waals surface area contributed by atoms with E-state index in [1.807, 2.05) is 0 Å². The smallest absolute Gasteiger partial charge is 0.0802 e. The minimum absolute atomic E-state index is 0.353. The molecule has 0 aliphatic carbocycles. The summed E-state index contributed by atoms with van der Waals surface area (Å²) in [4.78, 5) is 4.80. The Morgan fingerprint density at radius 1 is 1.33 bits per heavy atom. The van der Waals surface area contributed by atoms with Crippen molar-refractivity contribution < 1.29 is 5.11 Å². The van der Waals surface area contributed by atoms with Gasteiger partial charge in [0.15, 0.2) is 0 Å². The Balaban J connectivity index is 1.82. The van der Waals surface area contributed by atoms with Crippen LogP contribution in [0.2, 0.25) is 0 Å². The number of aliphatic hydroxyl groups excluding tert-OH is 1. The van der Waals surface area contributed by atoms with Gasteiger partial charge >= 0.3 is 0 Å². The largest absolute Gasteiger partial charge is 0.391 e. The number of alkyl halides is 1. The van der Waals surface area contributed by atoms with Gasteiger partial charge < -0.3 is 14.9 Å². The average molecular weight is 233 g/mol. The molecule has 0 radical (unpaired) electrons. The Labute approximate surface area is 97.0 Å². The van der Waals surface area contributed by atoms with Crippen LogP contribution in [0.25, 0.3) is 0 Å². The lowest BCUT2D eigenvalue weighted by atomic mass is 9.89. The molecule has 0 saturated carbocycles. The standard InChI is InChI=1S/C11H21ClN2O/c1-13-3-2-9-6-14(7-10(9)5-13)8-11(15)4-12/h9-11,15H,2-8H2,1H3. The number of rotatable bonds is 3. The van der Waals surface area contributed by atoms with Crippen molar-refractivity contribution in [1.82, 2.24) is 9.80 Å². The van der Waals surface area contributed by atoms with Crippen molar-refractivity contribution in [2.45, 2.75) is 12.5 Å². The fourth-order valence-corrected chi connectivity index (χ4v) is 3.04. The molecule has 0 aromatic heterocycles. The monoisotopic (exact) mass is 232 g/mol. The molecule has 2 fully saturated rings. The number of hydrogen-bond donors (Lipinski definition) is 1. The van der Waals surface area contributed by atoms with Crippen molar-refractivity contribution in [3.05, 3.63) is 0 Å². The first-order valence-electron chi connectivity index (χ1n) is 5.84. The molecule has 3 unspecified atom stereocenters. The van der Waals surface area contributed by atoms with Gasteiger partial charge in [0, 0.05) is 32.1 Å². The highest BCUT2D eigenvalue weighted by Gasteiger charge is 2.36. The first kappa shape index (κ1) is 11.6. The lowest BCUT2D eigenvalue weighted by Gasteiger charge is -2.31. The van der Waals surface area contributed by atoms with Crippen LogP contribution in [-0.4, -0.2) is 66.7 Å². The molecule has 2 aliphatic heterocycles. The molecule has 0 bridgehead atoms. The van der Waals surface area contributed by atoms with Crippen LogP contribution in [-0.2, 0) is 0 Å². The van der Waals surface area contributed by atoms with Crippen LogP contribution in [0.1, 0.15) is 6.42 Å². The fourth-order valence-electron chi connectivity index (χ4n) is 2.94. The number of aliphatic hydroxyl groups is 1. The van der Waals surface area contributed by atoms with Crippen LogP contribution in [0.4, 0.5) is 0 Å². The van der Waals surface area contributed by atoms with Crippen LogP contribution < -0.4 is 0 Å².